The van der Waals surface area contributed by atoms with Crippen molar-refractivity contribution in [2.45, 2.75) is 34.6 Å². The number of nitrogens with two attached hydrogens (primary N) is 1. The standard InChI is InChI=1S/C10H15.2C6H5.2ClH.H2N.Zr/c1-6-7(2)9(4)10(5)8(6)3;2*1-2-4-6-5-3-1;;;;/h1-5H3;2*1-5H;2*1H;1H2;/q3*-1;;;-1;+4. The molecule has 0 heterocycles. The van der Waals surface area contributed by atoms with Gasteiger partial charge in [0.2, 0.25) is 0 Å². The number of hydrogen-bond acceptors (Lipinski definition) is 0. The van der Waals surface area contributed by atoms with Crippen LogP contribution in [0, 0.1) is 46.8 Å². The summed E-state index contributed by atoms with van der Waals surface area (Å²) in [4.78, 5) is 0. The van der Waals surface area contributed by atoms with Crippen molar-refractivity contribution in [2.75, 3.05) is 0 Å². The van der Waals surface area contributed by atoms with E-state index in [4.69, 9.17) is 0 Å². The maximum atomic E-state index is 2.89. The molecule has 0 spiro atoms. The van der Waals surface area contributed by atoms with Gasteiger partial charge in [-0.25, -0.2) is 0 Å². The Kier molecular flexibility index (Phi) is 24.0. The van der Waals surface area contributed by atoms with Crippen LogP contribution < -0.4 is 0 Å². The van der Waals surface area contributed by atoms with E-state index < -0.39 is 0 Å². The predicted molar refractivity (Wildman–Crippen MR) is 116 cm³/mol. The molecule has 3 aromatic carbocycles. The van der Waals surface area contributed by atoms with Crippen LogP contribution in [0.1, 0.15) is 27.8 Å². The van der Waals surface area contributed by atoms with Crippen LogP contribution in [-0.4, -0.2) is 0 Å². The predicted octanol–water partition coefficient (Wildman–Crippen LogP) is 7.48. The SMILES string of the molecule is Cc1c(C)c(C)[c-](C)c1C.Cl.Cl.[NH2-].[Zr+4].[c-]1ccccc1.[c-]1ccccc1. The molecule has 1 nitrogen and oxygen atoms in total. The molecule has 0 aliphatic heterocycles. The zero-order valence-electron chi connectivity index (χ0n) is 16.2. The largest absolute Gasteiger partial charge is 4.00 e. The van der Waals surface area contributed by atoms with E-state index in [1.807, 2.05) is 60.7 Å². The second kappa shape index (κ2) is 19.0. The maximum Gasteiger partial charge on any atom is 4.00 e. The van der Waals surface area contributed by atoms with Gasteiger partial charge in [-0.1, -0.05) is 34.6 Å². The van der Waals surface area contributed by atoms with Crippen LogP contribution in [0.25, 0.3) is 6.15 Å². The molecule has 0 aliphatic rings. The summed E-state index contributed by atoms with van der Waals surface area (Å²) in [6, 6.07) is 25.0. The number of rotatable bonds is 0. The Morgan fingerprint density at radius 3 is 0.962 bits per heavy atom. The first-order chi connectivity index (χ1) is 10.6. The fourth-order valence-electron chi connectivity index (χ4n) is 2.09. The zero-order chi connectivity index (χ0) is 16.4. The number of benzene rings is 2. The first kappa shape index (κ1) is 32.8. The Bertz CT molecular complexity index is 488. The van der Waals surface area contributed by atoms with Gasteiger partial charge in [-0.2, -0.15) is 101 Å². The van der Waals surface area contributed by atoms with Crippen molar-refractivity contribution in [3.05, 3.63) is 107 Å². The minimum atomic E-state index is 0. The summed E-state index contributed by atoms with van der Waals surface area (Å²) in [6.07, 6.45) is 0. The first-order valence-corrected chi connectivity index (χ1v) is 7.57. The summed E-state index contributed by atoms with van der Waals surface area (Å²) in [6.45, 7) is 11.0. The van der Waals surface area contributed by atoms with Crippen LogP contribution >= 0.6 is 24.8 Å². The van der Waals surface area contributed by atoms with Gasteiger partial charge in [-0.05, 0) is 0 Å². The van der Waals surface area contributed by atoms with Crippen molar-refractivity contribution >= 4 is 24.8 Å². The second-order valence-corrected chi connectivity index (χ2v) is 5.28. The average Bonchev–Trinajstić information content (AvgIpc) is 2.77. The molecule has 4 heteroatoms. The Labute approximate surface area is 191 Å². The van der Waals surface area contributed by atoms with Gasteiger partial charge in [-0.15, -0.1) is 24.8 Å². The van der Waals surface area contributed by atoms with Gasteiger partial charge < -0.3 is 6.15 Å². The van der Waals surface area contributed by atoms with Crippen LogP contribution in [-0.2, 0) is 26.2 Å². The third-order valence-corrected chi connectivity index (χ3v) is 4.03. The van der Waals surface area contributed by atoms with Gasteiger partial charge in [-0.3, -0.25) is 0 Å². The number of hydrogen-bond donors (Lipinski definition) is 0. The van der Waals surface area contributed by atoms with Crippen LogP contribution in [0.4, 0.5) is 0 Å². The Balaban J connectivity index is -0.000000135. The van der Waals surface area contributed by atoms with Crippen LogP contribution in [0.2, 0.25) is 0 Å². The van der Waals surface area contributed by atoms with Crippen molar-refractivity contribution in [1.29, 1.82) is 0 Å². The summed E-state index contributed by atoms with van der Waals surface area (Å²) in [7, 11) is 0. The summed E-state index contributed by atoms with van der Waals surface area (Å²) in [5, 5.41) is 0. The smallest absolute Gasteiger partial charge is 0.693 e. The molecule has 0 saturated carbocycles. The molecule has 0 saturated heterocycles. The van der Waals surface area contributed by atoms with Gasteiger partial charge in [0.15, 0.2) is 0 Å². The molecule has 0 unspecified atom stereocenters. The zero-order valence-corrected chi connectivity index (χ0v) is 20.3. The normalized spacial score (nSPS) is 7.73. The van der Waals surface area contributed by atoms with E-state index in [0.717, 1.165) is 0 Å². The molecule has 0 aromatic heterocycles. The van der Waals surface area contributed by atoms with E-state index >= 15 is 0 Å². The molecule has 0 radical (unpaired) electrons. The molecule has 3 aromatic rings. The van der Waals surface area contributed by atoms with E-state index in [-0.39, 0.29) is 57.2 Å². The number of halogens is 2. The minimum absolute atomic E-state index is 0. The van der Waals surface area contributed by atoms with Crippen LogP contribution in [0.5, 0.6) is 0 Å². The fourth-order valence-corrected chi connectivity index (χ4v) is 2.09. The summed E-state index contributed by atoms with van der Waals surface area (Å²) in [5.41, 5.74) is 7.34. The van der Waals surface area contributed by atoms with Crippen LogP contribution in [0.3, 0.4) is 0 Å². The molecule has 3 rings (SSSR count). The molecule has 0 bridgehead atoms. The molecular weight excluding hydrogens is 440 g/mol. The minimum Gasteiger partial charge on any atom is -0.693 e. The van der Waals surface area contributed by atoms with Gasteiger partial charge >= 0.3 is 26.2 Å². The van der Waals surface area contributed by atoms with Crippen molar-refractivity contribution in [3.63, 3.8) is 0 Å². The van der Waals surface area contributed by atoms with E-state index in [1.54, 1.807) is 0 Å². The summed E-state index contributed by atoms with van der Waals surface area (Å²) in [5.74, 6) is 0. The van der Waals surface area contributed by atoms with Crippen molar-refractivity contribution in [2.24, 2.45) is 0 Å². The van der Waals surface area contributed by atoms with Crippen molar-refractivity contribution in [3.8, 4) is 0 Å². The molecule has 0 aliphatic carbocycles. The van der Waals surface area contributed by atoms with Crippen molar-refractivity contribution < 1.29 is 26.2 Å². The van der Waals surface area contributed by atoms with E-state index in [1.165, 1.54) is 27.8 Å². The second-order valence-electron chi connectivity index (χ2n) is 5.28. The third-order valence-electron chi connectivity index (χ3n) is 4.03. The average molecular weight is 470 g/mol. The van der Waals surface area contributed by atoms with Gasteiger partial charge in [0, 0.05) is 0 Å². The van der Waals surface area contributed by atoms with E-state index in [9.17, 15) is 0 Å². The van der Waals surface area contributed by atoms with Gasteiger partial charge in [0.05, 0.1) is 0 Å². The van der Waals surface area contributed by atoms with Gasteiger partial charge in [0.25, 0.3) is 0 Å². The summed E-state index contributed by atoms with van der Waals surface area (Å²) < 4.78 is 0. The third kappa shape index (κ3) is 11.8. The molecule has 26 heavy (non-hydrogen) atoms. The first-order valence-electron chi connectivity index (χ1n) is 7.57. The monoisotopic (exact) mass is 467 g/mol. The Morgan fingerprint density at radius 1 is 0.615 bits per heavy atom. The van der Waals surface area contributed by atoms with Gasteiger partial charge in [0.1, 0.15) is 0 Å². The molecule has 0 fully saturated rings. The fraction of sp³-hybridized carbons (Fsp3) is 0.227. The molecule has 0 amide bonds. The van der Waals surface area contributed by atoms with Crippen LogP contribution in [0.15, 0.2) is 60.7 Å². The molecule has 2 N–H and O–H groups in total. The quantitative estimate of drug-likeness (QED) is 0.306. The van der Waals surface area contributed by atoms with Crippen molar-refractivity contribution in [1.82, 2.24) is 0 Å². The molecule has 0 atom stereocenters. The van der Waals surface area contributed by atoms with E-state index in [0.29, 0.717) is 0 Å². The molecule has 140 valence electrons. The topological polar surface area (TPSA) is 33.5 Å². The van der Waals surface area contributed by atoms with E-state index in [2.05, 4.69) is 46.8 Å². The summed E-state index contributed by atoms with van der Waals surface area (Å²) >= 11 is 0. The Morgan fingerprint density at radius 2 is 0.885 bits per heavy atom. The maximum absolute atomic E-state index is 2.89. The Hall–Kier alpha value is -0.787. The molecular formula is C22H29Cl2NZr.